The lowest BCUT2D eigenvalue weighted by Gasteiger charge is -2.49. The Labute approximate surface area is 187 Å². The number of ketones is 6. The second kappa shape index (κ2) is 10.6. The Morgan fingerprint density at radius 2 is 1.59 bits per heavy atom. The van der Waals surface area contributed by atoms with Crippen LogP contribution in [0.1, 0.15) is 45.9 Å². The van der Waals surface area contributed by atoms with E-state index in [0.717, 1.165) is 0 Å². The number of Topliss-reactive ketones (excluding diaryl/α,β-unsaturated/α-hetero) is 6. The molecule has 0 saturated heterocycles. The van der Waals surface area contributed by atoms with Gasteiger partial charge < -0.3 is 25.5 Å². The largest absolute Gasteiger partial charge is 0.386 e. The van der Waals surface area contributed by atoms with Gasteiger partial charge in [-0.3, -0.25) is 28.8 Å². The Hall–Kier alpha value is -2.87. The molecule has 5 N–H and O–H groups in total. The van der Waals surface area contributed by atoms with Gasteiger partial charge in [0.2, 0.25) is 17.0 Å². The van der Waals surface area contributed by atoms with Gasteiger partial charge in [0.1, 0.15) is 12.2 Å². The molecule has 0 aromatic rings. The Kier molecular flexibility index (Phi) is 7.42. The molecule has 0 aromatic carbocycles. The molecule has 0 radical (unpaired) electrons. The molecule has 14 nitrogen and oxygen atoms in total. The fraction of sp³-hybridized carbons (Fsp3) is 0.667. The zero-order valence-corrected chi connectivity index (χ0v) is 16.6. The van der Waals surface area contributed by atoms with Crippen LogP contribution < -0.4 is 0 Å². The van der Waals surface area contributed by atoms with E-state index in [1.807, 2.05) is 0 Å². The molecule has 178 valence electrons. The Morgan fingerprint density at radius 3 is 2.06 bits per heavy atom. The molecule has 0 heterocycles. The minimum atomic E-state index is -4.67. The molecule has 0 aliphatic rings. The standard InChI is InChI=1S/C18H25N3O11/c1-8(22)13(27)15(29)16(30,10(3)24)18(32,11(4)25)17(31,14(28)9(2)23)12(26)6-5-7-20-21-19/h13,15,27,29-32H,5-7H2,1-4H3/t13?,15-,16-,17+,18+/m1/s1/i1D,2D,3D,4D. The van der Waals surface area contributed by atoms with Crippen LogP contribution in [0.3, 0.4) is 0 Å². The molecule has 0 rings (SSSR count). The summed E-state index contributed by atoms with van der Waals surface area (Å²) in [7, 11) is 0. The summed E-state index contributed by atoms with van der Waals surface area (Å²) < 4.78 is 28.6. The Balaban J connectivity index is 7.59. The van der Waals surface area contributed by atoms with Gasteiger partial charge in [-0.05, 0) is 32.7 Å². The van der Waals surface area contributed by atoms with Crippen LogP contribution in [-0.2, 0) is 28.8 Å². The number of hydrogen-bond acceptors (Lipinski definition) is 12. The first-order chi connectivity index (χ1) is 16.6. The summed E-state index contributed by atoms with van der Waals surface area (Å²) in [6.45, 7) is -6.68. The zero-order valence-electron chi connectivity index (χ0n) is 20.6. The maximum Gasteiger partial charge on any atom is 0.240 e. The molecule has 32 heavy (non-hydrogen) atoms. The van der Waals surface area contributed by atoms with Crippen LogP contribution in [0.5, 0.6) is 0 Å². The third kappa shape index (κ3) is 4.65. The van der Waals surface area contributed by atoms with Crippen molar-refractivity contribution in [2.24, 2.45) is 5.11 Å². The highest BCUT2D eigenvalue weighted by Gasteiger charge is 2.76. The average Bonchev–Trinajstić information content (AvgIpc) is 2.89. The normalized spacial score (nSPS) is 20.2. The summed E-state index contributed by atoms with van der Waals surface area (Å²) in [5.74, 6) is -12.4. The van der Waals surface area contributed by atoms with E-state index in [4.69, 9.17) is 11.0 Å². The summed E-state index contributed by atoms with van der Waals surface area (Å²) in [5, 5.41) is 57.2. The molecule has 0 bridgehead atoms. The quantitative estimate of drug-likeness (QED) is 0.0449. The van der Waals surface area contributed by atoms with Crippen molar-refractivity contribution in [3.63, 3.8) is 0 Å². The topological polar surface area (TPSA) is 252 Å². The number of aliphatic hydroxyl groups is 5. The lowest BCUT2D eigenvalue weighted by Crippen LogP contribution is -2.82. The summed E-state index contributed by atoms with van der Waals surface area (Å²) >= 11 is 0. The van der Waals surface area contributed by atoms with E-state index in [-0.39, 0.29) is 0 Å². The van der Waals surface area contributed by atoms with Gasteiger partial charge in [0.05, 0.1) is 0 Å². The minimum Gasteiger partial charge on any atom is -0.386 e. The molecule has 0 fully saturated rings. The van der Waals surface area contributed by atoms with Gasteiger partial charge in [-0.25, -0.2) is 0 Å². The Morgan fingerprint density at radius 1 is 1.00 bits per heavy atom. The monoisotopic (exact) mass is 463 g/mol. The highest BCUT2D eigenvalue weighted by molar-refractivity contribution is 6.45. The highest BCUT2D eigenvalue weighted by atomic mass is 16.4. The highest BCUT2D eigenvalue weighted by Crippen LogP contribution is 2.41. The lowest BCUT2D eigenvalue weighted by atomic mass is 9.60. The van der Waals surface area contributed by atoms with Crippen LogP contribution in [0.2, 0.25) is 0 Å². The number of carbonyl (C=O) groups excluding carboxylic acids is 6. The predicted molar refractivity (Wildman–Crippen MR) is 103 cm³/mol. The Bertz CT molecular complexity index is 961. The summed E-state index contributed by atoms with van der Waals surface area (Å²) in [4.78, 5) is 77.4. The van der Waals surface area contributed by atoms with E-state index in [2.05, 4.69) is 10.0 Å². The number of carbonyl (C=O) groups is 6. The fourth-order valence-electron chi connectivity index (χ4n) is 2.91. The molecule has 5 atom stereocenters. The lowest BCUT2D eigenvalue weighted by molar-refractivity contribution is -0.251. The average molecular weight is 463 g/mol. The van der Waals surface area contributed by atoms with Gasteiger partial charge in [0, 0.05) is 30.3 Å². The van der Waals surface area contributed by atoms with Gasteiger partial charge in [0.15, 0.2) is 34.5 Å². The van der Waals surface area contributed by atoms with E-state index < -0.39 is 111 Å². The van der Waals surface area contributed by atoms with E-state index in [0.29, 0.717) is 0 Å². The number of aliphatic hydroxyl groups excluding tert-OH is 2. The first kappa shape index (κ1) is 22.3. The van der Waals surface area contributed by atoms with Crippen molar-refractivity contribution >= 4 is 34.7 Å². The second-order valence-electron chi connectivity index (χ2n) is 6.62. The van der Waals surface area contributed by atoms with Crippen LogP contribution in [0, 0.1) is 0 Å². The van der Waals surface area contributed by atoms with Gasteiger partial charge in [-0.15, -0.1) is 0 Å². The van der Waals surface area contributed by atoms with Crippen molar-refractivity contribution in [2.75, 3.05) is 6.54 Å². The molecule has 0 aliphatic carbocycles. The van der Waals surface area contributed by atoms with Gasteiger partial charge in [-0.1, -0.05) is 5.11 Å². The number of rotatable bonds is 14. The van der Waals surface area contributed by atoms with E-state index in [1.165, 1.54) is 0 Å². The number of azide groups is 1. The molecule has 0 aromatic heterocycles. The third-order valence-corrected chi connectivity index (χ3v) is 4.67. The third-order valence-electron chi connectivity index (χ3n) is 4.67. The van der Waals surface area contributed by atoms with Crippen molar-refractivity contribution in [3.05, 3.63) is 10.4 Å². The zero-order chi connectivity index (χ0) is 28.5. The molecule has 14 heteroatoms. The van der Waals surface area contributed by atoms with Crippen molar-refractivity contribution in [2.45, 2.75) is 69.5 Å². The van der Waals surface area contributed by atoms with Crippen molar-refractivity contribution in [1.29, 1.82) is 0 Å². The van der Waals surface area contributed by atoms with Gasteiger partial charge >= 0.3 is 0 Å². The van der Waals surface area contributed by atoms with E-state index >= 15 is 0 Å². The number of nitrogens with zero attached hydrogens (tertiary/aromatic N) is 3. The molecule has 0 saturated carbocycles. The smallest absolute Gasteiger partial charge is 0.240 e. The van der Waals surface area contributed by atoms with Crippen molar-refractivity contribution < 1.29 is 59.8 Å². The maximum absolute atomic E-state index is 13.0. The van der Waals surface area contributed by atoms with Gasteiger partial charge in [0.25, 0.3) is 0 Å². The van der Waals surface area contributed by atoms with Crippen LogP contribution in [-0.4, -0.2) is 95.8 Å². The second-order valence-corrected chi connectivity index (χ2v) is 6.62. The SMILES string of the molecule is [2H]CC(=O)C(=O)[C@@](O)(C(=O)CCCN=[N+]=[N-])[C@](O)(C(=O)C[2H])[C@@](O)(C(=O)C[2H])[C@H](O)C(O)C(=O)C[2H]. The van der Waals surface area contributed by atoms with Crippen LogP contribution in [0.15, 0.2) is 5.11 Å². The van der Waals surface area contributed by atoms with Crippen LogP contribution in [0.4, 0.5) is 0 Å². The maximum atomic E-state index is 13.0. The number of hydrogen-bond donors (Lipinski definition) is 5. The summed E-state index contributed by atoms with van der Waals surface area (Å²) in [6, 6.07) is 0. The first-order valence-electron chi connectivity index (χ1n) is 11.4. The van der Waals surface area contributed by atoms with Crippen molar-refractivity contribution in [3.8, 4) is 0 Å². The first-order valence-corrected chi connectivity index (χ1v) is 8.56. The molecule has 0 spiro atoms. The molecule has 0 amide bonds. The predicted octanol–water partition coefficient (Wildman–Crippen LogP) is -2.51. The molecule has 1 unspecified atom stereocenters. The van der Waals surface area contributed by atoms with E-state index in [1.54, 1.807) is 0 Å². The van der Waals surface area contributed by atoms with Gasteiger partial charge in [-0.2, -0.15) is 0 Å². The van der Waals surface area contributed by atoms with Crippen molar-refractivity contribution in [1.82, 2.24) is 0 Å². The molecular formula is C18H25N3O11. The van der Waals surface area contributed by atoms with E-state index in [9.17, 15) is 54.3 Å². The minimum absolute atomic E-state index is 0.473. The summed E-state index contributed by atoms with van der Waals surface area (Å²) in [5.41, 5.74) is -5.31. The molecule has 0 aliphatic heterocycles. The summed E-state index contributed by atoms with van der Waals surface area (Å²) in [6.07, 6.45) is -7.95. The van der Waals surface area contributed by atoms with Crippen LogP contribution in [0.25, 0.3) is 10.4 Å². The van der Waals surface area contributed by atoms with Crippen LogP contribution >= 0.6 is 0 Å². The molecular weight excluding hydrogens is 434 g/mol. The fourth-order valence-corrected chi connectivity index (χ4v) is 2.91.